The van der Waals surface area contributed by atoms with Crippen molar-refractivity contribution < 1.29 is 22.7 Å². The second-order valence-corrected chi connectivity index (χ2v) is 15.1. The largest absolute Gasteiger partial charge is 0.457 e. The molecule has 1 atom stereocenters. The number of benzene rings is 5. The molecule has 8 nitrogen and oxygen atoms in total. The van der Waals surface area contributed by atoms with Crippen molar-refractivity contribution in [3.05, 3.63) is 156 Å². The molecule has 0 radical (unpaired) electrons. The third-order valence-corrected chi connectivity index (χ3v) is 9.79. The lowest BCUT2D eigenvalue weighted by molar-refractivity contribution is -0.140. The molecular formula is C40H40ClN3O5S. The monoisotopic (exact) mass is 709 g/mol. The number of sulfonamides is 1. The smallest absolute Gasteiger partial charge is 0.264 e. The van der Waals surface area contributed by atoms with Crippen LogP contribution < -0.4 is 14.4 Å². The highest BCUT2D eigenvalue weighted by Crippen LogP contribution is 2.29. The molecule has 258 valence electrons. The fourth-order valence-corrected chi connectivity index (χ4v) is 6.91. The Labute approximate surface area is 299 Å². The number of halogens is 1. The molecule has 1 unspecified atom stereocenters. The van der Waals surface area contributed by atoms with Gasteiger partial charge in [-0.3, -0.25) is 13.9 Å². The maximum Gasteiger partial charge on any atom is 0.264 e. The number of para-hydroxylation sites is 1. The highest BCUT2D eigenvalue weighted by molar-refractivity contribution is 7.92. The highest BCUT2D eigenvalue weighted by Gasteiger charge is 2.35. The third kappa shape index (κ3) is 9.74. The molecule has 0 fully saturated rings. The van der Waals surface area contributed by atoms with Gasteiger partial charge in [0.2, 0.25) is 11.8 Å². The molecule has 5 aromatic carbocycles. The first-order valence-corrected chi connectivity index (χ1v) is 18.0. The number of ether oxygens (including phenoxy) is 1. The molecule has 10 heteroatoms. The van der Waals surface area contributed by atoms with Gasteiger partial charge in [0, 0.05) is 23.5 Å². The zero-order valence-corrected chi connectivity index (χ0v) is 29.8. The van der Waals surface area contributed by atoms with E-state index in [1.165, 1.54) is 17.0 Å². The molecule has 0 heterocycles. The second-order valence-electron chi connectivity index (χ2n) is 12.8. The van der Waals surface area contributed by atoms with Gasteiger partial charge in [-0.2, -0.15) is 0 Å². The molecule has 0 bridgehead atoms. The van der Waals surface area contributed by atoms with Gasteiger partial charge in [0.15, 0.2) is 0 Å². The Kier molecular flexibility index (Phi) is 11.6. The van der Waals surface area contributed by atoms with E-state index in [9.17, 15) is 18.0 Å². The van der Waals surface area contributed by atoms with E-state index in [-0.39, 0.29) is 29.5 Å². The Morgan fingerprint density at radius 3 is 1.84 bits per heavy atom. The average Bonchev–Trinajstić information content (AvgIpc) is 3.10. The van der Waals surface area contributed by atoms with Gasteiger partial charge in [0.05, 0.1) is 10.6 Å². The summed E-state index contributed by atoms with van der Waals surface area (Å²) in [7, 11) is -4.24. The Morgan fingerprint density at radius 1 is 0.720 bits per heavy atom. The van der Waals surface area contributed by atoms with E-state index in [1.807, 2.05) is 81.4 Å². The van der Waals surface area contributed by atoms with Crippen LogP contribution in [0.1, 0.15) is 31.9 Å². The summed E-state index contributed by atoms with van der Waals surface area (Å²) >= 11 is 6.18. The van der Waals surface area contributed by atoms with Crippen LogP contribution in [0.2, 0.25) is 5.02 Å². The van der Waals surface area contributed by atoms with Gasteiger partial charge in [-0.1, -0.05) is 90.5 Å². The number of amides is 2. The number of hydrogen-bond acceptors (Lipinski definition) is 5. The van der Waals surface area contributed by atoms with Crippen LogP contribution in [0.5, 0.6) is 11.5 Å². The Bertz CT molecular complexity index is 1970. The maximum absolute atomic E-state index is 14.7. The summed E-state index contributed by atoms with van der Waals surface area (Å²) in [5.41, 5.74) is 1.24. The van der Waals surface area contributed by atoms with Crippen LogP contribution in [0.4, 0.5) is 5.69 Å². The van der Waals surface area contributed by atoms with Crippen LogP contribution in [0.15, 0.2) is 144 Å². The molecule has 0 spiro atoms. The second kappa shape index (κ2) is 16.1. The minimum atomic E-state index is -4.24. The van der Waals surface area contributed by atoms with E-state index in [2.05, 4.69) is 5.32 Å². The van der Waals surface area contributed by atoms with Crippen molar-refractivity contribution in [3.63, 3.8) is 0 Å². The van der Waals surface area contributed by atoms with Crippen molar-refractivity contribution in [2.24, 2.45) is 0 Å². The number of rotatable bonds is 13. The van der Waals surface area contributed by atoms with Crippen molar-refractivity contribution in [1.82, 2.24) is 10.2 Å². The van der Waals surface area contributed by atoms with Crippen LogP contribution in [-0.2, 0) is 32.6 Å². The van der Waals surface area contributed by atoms with E-state index < -0.39 is 34.1 Å². The molecule has 2 amide bonds. The summed E-state index contributed by atoms with van der Waals surface area (Å²) in [4.78, 5) is 30.2. The number of carbonyl (C=O) groups is 2. The lowest BCUT2D eigenvalue weighted by Crippen LogP contribution is -2.56. The van der Waals surface area contributed by atoms with Gasteiger partial charge in [-0.05, 0) is 92.6 Å². The van der Waals surface area contributed by atoms with Crippen LogP contribution >= 0.6 is 11.6 Å². The molecule has 0 aliphatic carbocycles. The van der Waals surface area contributed by atoms with E-state index in [0.29, 0.717) is 16.5 Å². The normalized spacial score (nSPS) is 12.1. The summed E-state index contributed by atoms with van der Waals surface area (Å²) in [6.45, 7) is 5.07. The molecule has 5 rings (SSSR count). The van der Waals surface area contributed by atoms with E-state index in [0.717, 1.165) is 15.4 Å². The number of carbonyl (C=O) groups excluding carboxylic acids is 2. The van der Waals surface area contributed by atoms with Crippen molar-refractivity contribution in [1.29, 1.82) is 0 Å². The molecule has 50 heavy (non-hydrogen) atoms. The van der Waals surface area contributed by atoms with Crippen LogP contribution in [0, 0.1) is 0 Å². The van der Waals surface area contributed by atoms with Crippen molar-refractivity contribution in [2.75, 3.05) is 10.8 Å². The first kappa shape index (κ1) is 36.2. The third-order valence-electron chi connectivity index (χ3n) is 7.75. The number of anilines is 1. The van der Waals surface area contributed by atoms with Gasteiger partial charge in [0.25, 0.3) is 10.0 Å². The van der Waals surface area contributed by atoms with E-state index in [4.69, 9.17) is 16.3 Å². The lowest BCUT2D eigenvalue weighted by atomic mass is 10.0. The number of nitrogens with one attached hydrogen (secondary N) is 1. The first-order chi connectivity index (χ1) is 23.9. The Hall–Kier alpha value is -5.12. The average molecular weight is 710 g/mol. The van der Waals surface area contributed by atoms with Crippen molar-refractivity contribution >= 4 is 39.1 Å². The fraction of sp³-hybridized carbons (Fsp3) is 0.200. The van der Waals surface area contributed by atoms with E-state index >= 15 is 0 Å². The number of hydrogen-bond donors (Lipinski definition) is 1. The van der Waals surface area contributed by atoms with Crippen molar-refractivity contribution in [3.8, 4) is 11.5 Å². The predicted molar refractivity (Wildman–Crippen MR) is 198 cm³/mol. The van der Waals surface area contributed by atoms with Crippen molar-refractivity contribution in [2.45, 2.75) is 50.2 Å². The van der Waals surface area contributed by atoms with Gasteiger partial charge in [-0.25, -0.2) is 8.42 Å². The summed E-state index contributed by atoms with van der Waals surface area (Å²) in [6, 6.07) is 39.1. The predicted octanol–water partition coefficient (Wildman–Crippen LogP) is 7.88. The molecule has 5 aromatic rings. The SMILES string of the molecule is CC(C)(C)NC(=O)C(Cc1ccccc1)N(Cc1ccc(Cl)cc1)C(=O)CN(c1ccc(Oc2ccccc2)cc1)S(=O)(=O)c1ccccc1. The Balaban J connectivity index is 1.56. The topological polar surface area (TPSA) is 96.0 Å². The molecule has 0 aliphatic heterocycles. The Morgan fingerprint density at radius 2 is 1.26 bits per heavy atom. The van der Waals surface area contributed by atoms with Gasteiger partial charge >= 0.3 is 0 Å². The number of nitrogens with zero attached hydrogens (tertiary/aromatic N) is 2. The minimum Gasteiger partial charge on any atom is -0.457 e. The standard InChI is InChI=1S/C40H40ClN3O5S/c1-40(2,3)42-39(46)37(27-30-13-7-4-8-14-30)43(28-31-19-21-32(41)22-20-31)38(45)29-44(50(47,48)36-17-11-6-12-18-36)33-23-25-35(26-24-33)49-34-15-9-5-10-16-34/h4-26,37H,27-29H2,1-3H3,(H,42,46). The summed E-state index contributed by atoms with van der Waals surface area (Å²) < 4.78 is 35.6. The molecule has 0 aliphatic rings. The lowest BCUT2D eigenvalue weighted by Gasteiger charge is -2.35. The van der Waals surface area contributed by atoms with Crippen LogP contribution in [0.3, 0.4) is 0 Å². The summed E-state index contributed by atoms with van der Waals surface area (Å²) in [5, 5.41) is 3.56. The fourth-order valence-electron chi connectivity index (χ4n) is 5.35. The molecule has 1 N–H and O–H groups in total. The first-order valence-electron chi connectivity index (χ1n) is 16.2. The summed E-state index contributed by atoms with van der Waals surface area (Å²) in [6.07, 6.45) is 0.207. The molecule has 0 saturated carbocycles. The molecule has 0 aromatic heterocycles. The molecular weight excluding hydrogens is 670 g/mol. The quantitative estimate of drug-likeness (QED) is 0.134. The van der Waals surface area contributed by atoms with Gasteiger partial charge in [-0.15, -0.1) is 0 Å². The van der Waals surface area contributed by atoms with E-state index in [1.54, 1.807) is 66.7 Å². The summed E-state index contributed by atoms with van der Waals surface area (Å²) in [5.74, 6) is 0.201. The zero-order chi connectivity index (χ0) is 35.7. The van der Waals surface area contributed by atoms with Gasteiger partial charge in [0.1, 0.15) is 24.1 Å². The van der Waals surface area contributed by atoms with Gasteiger partial charge < -0.3 is 15.0 Å². The molecule has 0 saturated heterocycles. The van der Waals surface area contributed by atoms with Crippen LogP contribution in [0.25, 0.3) is 0 Å². The van der Waals surface area contributed by atoms with Crippen LogP contribution in [-0.4, -0.2) is 43.3 Å². The maximum atomic E-state index is 14.7. The minimum absolute atomic E-state index is 0.0213. The zero-order valence-electron chi connectivity index (χ0n) is 28.2. The highest BCUT2D eigenvalue weighted by atomic mass is 35.5.